The number of benzene rings is 2. The number of carbonyl (C=O) groups is 1. The first-order chi connectivity index (χ1) is 16.9. The lowest BCUT2D eigenvalue weighted by Gasteiger charge is -2.25. The molecule has 0 aliphatic heterocycles. The number of aromatic nitrogens is 2. The van der Waals surface area contributed by atoms with E-state index >= 15 is 0 Å². The quantitative estimate of drug-likeness (QED) is 0.343. The number of rotatable bonds is 9. The maximum Gasteiger partial charge on any atom is 0.276 e. The van der Waals surface area contributed by atoms with Crippen LogP contribution in [0.15, 0.2) is 88.8 Å². The van der Waals surface area contributed by atoms with Crippen molar-refractivity contribution < 1.29 is 22.0 Å². The van der Waals surface area contributed by atoms with Crippen molar-refractivity contribution in [3.05, 3.63) is 102 Å². The minimum Gasteiger partial charge on any atom is -0.467 e. The normalized spacial score (nSPS) is 11.3. The third kappa shape index (κ3) is 5.72. The van der Waals surface area contributed by atoms with E-state index in [1.807, 2.05) is 30.3 Å². The largest absolute Gasteiger partial charge is 0.467 e. The van der Waals surface area contributed by atoms with E-state index in [1.54, 1.807) is 23.1 Å². The van der Waals surface area contributed by atoms with Crippen LogP contribution in [0.5, 0.6) is 0 Å². The Kier molecular flexibility index (Phi) is 7.21. The lowest BCUT2D eigenvalue weighted by molar-refractivity contribution is 0.102. The van der Waals surface area contributed by atoms with Crippen LogP contribution in [0.2, 0.25) is 0 Å². The molecule has 0 bridgehead atoms. The third-order valence-corrected chi connectivity index (χ3v) is 6.74. The van der Waals surface area contributed by atoms with Gasteiger partial charge in [-0.3, -0.25) is 4.79 Å². The van der Waals surface area contributed by atoms with E-state index in [0.29, 0.717) is 12.3 Å². The first-order valence-electron chi connectivity index (χ1n) is 10.8. The highest BCUT2D eigenvalue weighted by molar-refractivity contribution is 7.91. The summed E-state index contributed by atoms with van der Waals surface area (Å²) in [6, 6.07) is 18.7. The summed E-state index contributed by atoms with van der Waals surface area (Å²) >= 11 is 0. The average Bonchev–Trinajstić information content (AvgIpc) is 3.38. The van der Waals surface area contributed by atoms with Crippen LogP contribution in [-0.2, 0) is 22.9 Å². The SMILES string of the molecule is CCS(=O)(=O)c1ncc(N(Cc2ccccc2)Cc2ccco2)c(C(=O)Nc2ccccc2F)n1. The molecule has 0 saturated heterocycles. The van der Waals surface area contributed by atoms with Crippen LogP contribution >= 0.6 is 0 Å². The molecule has 35 heavy (non-hydrogen) atoms. The van der Waals surface area contributed by atoms with E-state index in [4.69, 9.17) is 4.42 Å². The summed E-state index contributed by atoms with van der Waals surface area (Å²) in [6.07, 6.45) is 2.84. The number of nitrogens with one attached hydrogen (secondary N) is 1. The molecule has 4 aromatic rings. The van der Waals surface area contributed by atoms with Gasteiger partial charge in [-0.25, -0.2) is 22.8 Å². The topological polar surface area (TPSA) is 105 Å². The van der Waals surface area contributed by atoms with Crippen LogP contribution in [0.4, 0.5) is 15.8 Å². The van der Waals surface area contributed by atoms with Gasteiger partial charge in [-0.2, -0.15) is 0 Å². The molecule has 1 N–H and O–H groups in total. The van der Waals surface area contributed by atoms with Crippen molar-refractivity contribution in [3.63, 3.8) is 0 Å². The molecule has 8 nitrogen and oxygen atoms in total. The number of amides is 1. The molecule has 10 heteroatoms. The Bertz CT molecular complexity index is 1410. The third-order valence-electron chi connectivity index (χ3n) is 5.23. The second kappa shape index (κ2) is 10.5. The molecule has 180 valence electrons. The lowest BCUT2D eigenvalue weighted by atomic mass is 10.2. The van der Waals surface area contributed by atoms with Gasteiger partial charge in [0.05, 0.1) is 36.1 Å². The highest BCUT2D eigenvalue weighted by Crippen LogP contribution is 2.26. The number of sulfone groups is 1. The summed E-state index contributed by atoms with van der Waals surface area (Å²) in [5, 5.41) is 2.02. The summed E-state index contributed by atoms with van der Waals surface area (Å²) in [5.74, 6) is -1.01. The highest BCUT2D eigenvalue weighted by Gasteiger charge is 2.25. The van der Waals surface area contributed by atoms with Crippen LogP contribution in [0, 0.1) is 5.82 Å². The Labute approximate surface area is 202 Å². The summed E-state index contributed by atoms with van der Waals surface area (Å²) in [4.78, 5) is 23.3. The highest BCUT2D eigenvalue weighted by atomic mass is 32.2. The fourth-order valence-electron chi connectivity index (χ4n) is 3.40. The number of furan rings is 1. The van der Waals surface area contributed by atoms with Crippen LogP contribution in [0.1, 0.15) is 28.7 Å². The molecule has 2 heterocycles. The minimum absolute atomic E-state index is 0.0531. The smallest absolute Gasteiger partial charge is 0.276 e. The minimum atomic E-state index is -3.80. The van der Waals surface area contributed by atoms with Crippen molar-refractivity contribution in [2.24, 2.45) is 0 Å². The molecule has 4 rings (SSSR count). The fourth-order valence-corrected chi connectivity index (χ4v) is 4.10. The molecular formula is C25H23FN4O4S. The molecular weight excluding hydrogens is 471 g/mol. The van der Waals surface area contributed by atoms with Gasteiger partial charge in [-0.1, -0.05) is 49.4 Å². The predicted octanol–water partition coefficient (Wildman–Crippen LogP) is 4.46. The van der Waals surface area contributed by atoms with Gasteiger partial charge in [-0.15, -0.1) is 0 Å². The number of carbonyl (C=O) groups excluding carboxylic acids is 1. The summed E-state index contributed by atoms with van der Waals surface area (Å²) in [5.41, 5.74) is 0.958. The number of nitrogens with zero attached hydrogens (tertiary/aromatic N) is 3. The van der Waals surface area contributed by atoms with Crippen molar-refractivity contribution in [1.82, 2.24) is 9.97 Å². The zero-order valence-corrected chi connectivity index (χ0v) is 19.7. The Morgan fingerprint density at radius 3 is 2.46 bits per heavy atom. The number of hydrogen-bond donors (Lipinski definition) is 1. The van der Waals surface area contributed by atoms with E-state index in [-0.39, 0.29) is 29.4 Å². The lowest BCUT2D eigenvalue weighted by Crippen LogP contribution is -2.28. The molecule has 2 aromatic carbocycles. The molecule has 2 aromatic heterocycles. The maximum atomic E-state index is 14.2. The second-order valence-electron chi connectivity index (χ2n) is 7.64. The molecule has 0 aliphatic carbocycles. The number of hydrogen-bond acceptors (Lipinski definition) is 7. The Morgan fingerprint density at radius 1 is 1.03 bits per heavy atom. The first-order valence-corrected chi connectivity index (χ1v) is 12.5. The van der Waals surface area contributed by atoms with E-state index in [2.05, 4.69) is 15.3 Å². The average molecular weight is 495 g/mol. The molecule has 0 fully saturated rings. The van der Waals surface area contributed by atoms with Gasteiger partial charge in [0.1, 0.15) is 11.6 Å². The molecule has 0 aliphatic rings. The van der Waals surface area contributed by atoms with Gasteiger partial charge in [0, 0.05) is 6.54 Å². The van der Waals surface area contributed by atoms with Gasteiger partial charge in [0.15, 0.2) is 5.69 Å². The number of anilines is 2. The van der Waals surface area contributed by atoms with Crippen molar-refractivity contribution in [3.8, 4) is 0 Å². The summed E-state index contributed by atoms with van der Waals surface area (Å²) in [7, 11) is -3.80. The first kappa shape index (κ1) is 24.1. The Balaban J connectivity index is 1.80. The van der Waals surface area contributed by atoms with Crippen LogP contribution in [0.3, 0.4) is 0 Å². The molecule has 0 saturated carbocycles. The van der Waals surface area contributed by atoms with E-state index in [0.717, 1.165) is 5.56 Å². The van der Waals surface area contributed by atoms with E-state index < -0.39 is 26.7 Å². The van der Waals surface area contributed by atoms with E-state index in [9.17, 15) is 17.6 Å². The fraction of sp³-hybridized carbons (Fsp3) is 0.160. The molecule has 0 atom stereocenters. The van der Waals surface area contributed by atoms with Crippen molar-refractivity contribution in [2.45, 2.75) is 25.2 Å². The van der Waals surface area contributed by atoms with Gasteiger partial charge < -0.3 is 14.6 Å². The Hall–Kier alpha value is -4.05. The van der Waals surface area contributed by atoms with Crippen LogP contribution < -0.4 is 10.2 Å². The van der Waals surface area contributed by atoms with Crippen molar-refractivity contribution >= 4 is 27.1 Å². The monoisotopic (exact) mass is 494 g/mol. The van der Waals surface area contributed by atoms with Crippen LogP contribution in [0.25, 0.3) is 0 Å². The van der Waals surface area contributed by atoms with E-state index in [1.165, 1.54) is 37.6 Å². The van der Waals surface area contributed by atoms with Gasteiger partial charge in [0.25, 0.3) is 5.91 Å². The molecule has 1 amide bonds. The van der Waals surface area contributed by atoms with Gasteiger partial charge >= 0.3 is 0 Å². The molecule has 0 spiro atoms. The predicted molar refractivity (Wildman–Crippen MR) is 129 cm³/mol. The number of halogens is 1. The number of para-hydroxylation sites is 1. The van der Waals surface area contributed by atoms with Crippen molar-refractivity contribution in [2.75, 3.05) is 16.0 Å². The Morgan fingerprint density at radius 2 is 1.77 bits per heavy atom. The molecule has 0 radical (unpaired) electrons. The van der Waals surface area contributed by atoms with Crippen LogP contribution in [-0.4, -0.2) is 30.0 Å². The van der Waals surface area contributed by atoms with Crippen molar-refractivity contribution in [1.29, 1.82) is 0 Å². The summed E-state index contributed by atoms with van der Waals surface area (Å²) in [6.45, 7) is 2.07. The van der Waals surface area contributed by atoms with Gasteiger partial charge in [-0.05, 0) is 29.8 Å². The van der Waals surface area contributed by atoms with Gasteiger partial charge in [0.2, 0.25) is 15.0 Å². The standard InChI is InChI=1S/C25H23FN4O4S/c1-2-35(32,33)25-27-15-22(23(29-25)24(31)28-21-13-7-6-12-20(21)26)30(17-19-11-8-14-34-19)16-18-9-4-3-5-10-18/h3-15H,2,16-17H2,1H3,(H,28,31). The maximum absolute atomic E-state index is 14.2. The zero-order chi connectivity index (χ0) is 24.8. The molecule has 0 unspecified atom stereocenters. The summed E-state index contributed by atoms with van der Waals surface area (Å²) < 4.78 is 44.7. The second-order valence-corrected chi connectivity index (χ2v) is 9.82. The zero-order valence-electron chi connectivity index (χ0n) is 18.9.